The number of rotatable bonds is 8. The molecule has 2 aromatic carbocycles. The van der Waals surface area contributed by atoms with Gasteiger partial charge in [0.15, 0.2) is 0 Å². The molecule has 0 bridgehead atoms. The smallest absolute Gasteiger partial charge is 0.236 e. The Labute approximate surface area is 200 Å². The highest BCUT2D eigenvalue weighted by molar-refractivity contribution is 7.92. The Morgan fingerprint density at radius 2 is 1.68 bits per heavy atom. The Balaban J connectivity index is 1.37. The molecule has 0 unspecified atom stereocenters. The van der Waals surface area contributed by atoms with Crippen LogP contribution in [-0.2, 0) is 23.0 Å². The van der Waals surface area contributed by atoms with E-state index in [0.29, 0.717) is 44.5 Å². The molecule has 1 fully saturated rings. The fourth-order valence-electron chi connectivity index (χ4n) is 3.79. The van der Waals surface area contributed by atoms with Gasteiger partial charge in [0.05, 0.1) is 6.54 Å². The molecular formula is C24H29N7O2S. The van der Waals surface area contributed by atoms with Gasteiger partial charge in [0.1, 0.15) is 5.82 Å². The van der Waals surface area contributed by atoms with Crippen LogP contribution in [0.25, 0.3) is 6.08 Å². The zero-order valence-corrected chi connectivity index (χ0v) is 19.9. The van der Waals surface area contributed by atoms with Crippen molar-refractivity contribution in [3.8, 4) is 0 Å². The van der Waals surface area contributed by atoms with E-state index in [1.807, 2.05) is 48.5 Å². The number of sulfonamides is 1. The van der Waals surface area contributed by atoms with Crippen molar-refractivity contribution in [2.45, 2.75) is 19.9 Å². The molecule has 2 heterocycles. The molecule has 3 N–H and O–H groups in total. The van der Waals surface area contributed by atoms with Crippen LogP contribution in [0.15, 0.2) is 60.0 Å². The van der Waals surface area contributed by atoms with E-state index in [-0.39, 0.29) is 5.95 Å². The molecule has 0 aliphatic carbocycles. The SMILES string of the molecule is CCc1ccccc1Nc1nc(N)nc(CN2CCN(S(=O)(=O)C=Cc3ccccc3)CC2)n1. The Morgan fingerprint density at radius 1 is 0.971 bits per heavy atom. The van der Waals surface area contributed by atoms with Gasteiger partial charge in [-0.3, -0.25) is 4.90 Å². The number of hydrogen-bond donors (Lipinski definition) is 2. The molecule has 1 aromatic heterocycles. The summed E-state index contributed by atoms with van der Waals surface area (Å²) in [4.78, 5) is 15.1. The maximum atomic E-state index is 12.7. The molecule has 0 amide bonds. The maximum absolute atomic E-state index is 12.7. The average Bonchev–Trinajstić information content (AvgIpc) is 2.84. The van der Waals surface area contributed by atoms with Gasteiger partial charge >= 0.3 is 0 Å². The molecule has 10 heteroatoms. The quantitative estimate of drug-likeness (QED) is 0.506. The van der Waals surface area contributed by atoms with E-state index in [0.717, 1.165) is 23.2 Å². The Kier molecular flexibility index (Phi) is 7.51. The van der Waals surface area contributed by atoms with Crippen LogP contribution in [0.1, 0.15) is 23.9 Å². The normalized spacial score (nSPS) is 15.6. The molecule has 1 aliphatic heterocycles. The van der Waals surface area contributed by atoms with Gasteiger partial charge in [0.25, 0.3) is 0 Å². The van der Waals surface area contributed by atoms with Crippen molar-refractivity contribution < 1.29 is 8.42 Å². The second-order valence-corrected chi connectivity index (χ2v) is 9.82. The largest absolute Gasteiger partial charge is 0.368 e. The van der Waals surface area contributed by atoms with E-state index < -0.39 is 10.0 Å². The number of nitrogen functional groups attached to an aromatic ring is 1. The van der Waals surface area contributed by atoms with Gasteiger partial charge in [-0.05, 0) is 29.7 Å². The van der Waals surface area contributed by atoms with Crippen molar-refractivity contribution in [3.05, 3.63) is 77.0 Å². The second kappa shape index (κ2) is 10.7. The van der Waals surface area contributed by atoms with Crippen LogP contribution < -0.4 is 11.1 Å². The predicted octanol–water partition coefficient (Wildman–Crippen LogP) is 2.88. The summed E-state index contributed by atoms with van der Waals surface area (Å²) >= 11 is 0. The summed E-state index contributed by atoms with van der Waals surface area (Å²) in [7, 11) is -3.48. The lowest BCUT2D eigenvalue weighted by molar-refractivity contribution is 0.179. The molecule has 9 nitrogen and oxygen atoms in total. The van der Waals surface area contributed by atoms with Crippen molar-refractivity contribution in [2.75, 3.05) is 37.2 Å². The zero-order valence-electron chi connectivity index (χ0n) is 19.1. The first-order valence-corrected chi connectivity index (χ1v) is 12.7. The van der Waals surface area contributed by atoms with Crippen LogP contribution in [0.3, 0.4) is 0 Å². The zero-order chi connectivity index (χ0) is 24.0. The van der Waals surface area contributed by atoms with Crippen molar-refractivity contribution in [3.63, 3.8) is 0 Å². The Bertz CT molecular complexity index is 1240. The third kappa shape index (κ3) is 6.16. The van der Waals surface area contributed by atoms with Crippen LogP contribution in [0, 0.1) is 0 Å². The van der Waals surface area contributed by atoms with E-state index in [1.165, 1.54) is 9.71 Å². The minimum atomic E-state index is -3.48. The standard InChI is InChI=1S/C24H29N7O2S/c1-2-20-10-6-7-11-21(20)26-24-28-22(27-23(25)29-24)18-30-13-15-31(16-14-30)34(32,33)17-12-19-8-4-3-5-9-19/h3-12,17H,2,13-16,18H2,1H3,(H3,25,26,27,28,29). The molecule has 34 heavy (non-hydrogen) atoms. The van der Waals surface area contributed by atoms with Gasteiger partial charge < -0.3 is 11.1 Å². The highest BCUT2D eigenvalue weighted by Gasteiger charge is 2.25. The first-order valence-electron chi connectivity index (χ1n) is 11.2. The number of anilines is 3. The first-order chi connectivity index (χ1) is 16.4. The molecule has 0 atom stereocenters. The summed E-state index contributed by atoms with van der Waals surface area (Å²) in [5.74, 6) is 1.09. The molecule has 178 valence electrons. The van der Waals surface area contributed by atoms with E-state index in [9.17, 15) is 8.42 Å². The number of nitrogens with one attached hydrogen (secondary N) is 1. The van der Waals surface area contributed by atoms with Crippen LogP contribution in [0.5, 0.6) is 0 Å². The van der Waals surface area contributed by atoms with E-state index in [1.54, 1.807) is 6.08 Å². The summed E-state index contributed by atoms with van der Waals surface area (Å²) in [5.41, 5.74) is 8.87. The maximum Gasteiger partial charge on any atom is 0.236 e. The lowest BCUT2D eigenvalue weighted by atomic mass is 10.1. The summed E-state index contributed by atoms with van der Waals surface area (Å²) in [6.45, 7) is 4.50. The van der Waals surface area contributed by atoms with E-state index >= 15 is 0 Å². The fourth-order valence-corrected chi connectivity index (χ4v) is 4.97. The van der Waals surface area contributed by atoms with Gasteiger partial charge in [0, 0.05) is 37.3 Å². The third-order valence-electron chi connectivity index (χ3n) is 5.63. The van der Waals surface area contributed by atoms with Gasteiger partial charge in [-0.2, -0.15) is 19.3 Å². The van der Waals surface area contributed by atoms with Gasteiger partial charge in [-0.25, -0.2) is 8.42 Å². The van der Waals surface area contributed by atoms with Crippen LogP contribution in [-0.4, -0.2) is 58.8 Å². The van der Waals surface area contributed by atoms with Gasteiger partial charge in [-0.1, -0.05) is 55.5 Å². The summed E-state index contributed by atoms with van der Waals surface area (Å²) < 4.78 is 26.9. The van der Waals surface area contributed by atoms with E-state index in [2.05, 4.69) is 38.2 Å². The minimum absolute atomic E-state index is 0.147. The molecule has 0 spiro atoms. The molecule has 0 saturated carbocycles. The average molecular weight is 480 g/mol. The predicted molar refractivity (Wildman–Crippen MR) is 135 cm³/mol. The fraction of sp³-hybridized carbons (Fsp3) is 0.292. The number of benzene rings is 2. The number of para-hydroxylation sites is 1. The lowest BCUT2D eigenvalue weighted by Crippen LogP contribution is -2.47. The number of aryl methyl sites for hydroxylation is 1. The van der Waals surface area contributed by atoms with Crippen LogP contribution in [0.2, 0.25) is 0 Å². The minimum Gasteiger partial charge on any atom is -0.368 e. The third-order valence-corrected chi connectivity index (χ3v) is 7.20. The lowest BCUT2D eigenvalue weighted by Gasteiger charge is -2.32. The Hall–Kier alpha value is -3.34. The number of piperazine rings is 1. The Morgan fingerprint density at radius 3 is 2.41 bits per heavy atom. The van der Waals surface area contributed by atoms with Crippen molar-refractivity contribution >= 4 is 33.7 Å². The van der Waals surface area contributed by atoms with Gasteiger partial charge in [-0.15, -0.1) is 0 Å². The number of aromatic nitrogens is 3. The topological polar surface area (TPSA) is 117 Å². The van der Waals surface area contributed by atoms with E-state index in [4.69, 9.17) is 5.73 Å². The summed E-state index contributed by atoms with van der Waals surface area (Å²) in [6.07, 6.45) is 2.50. The molecular weight excluding hydrogens is 450 g/mol. The molecule has 4 rings (SSSR count). The van der Waals surface area contributed by atoms with Crippen molar-refractivity contribution in [2.24, 2.45) is 0 Å². The van der Waals surface area contributed by atoms with Crippen molar-refractivity contribution in [1.82, 2.24) is 24.2 Å². The summed E-state index contributed by atoms with van der Waals surface area (Å²) in [6, 6.07) is 17.4. The molecule has 1 saturated heterocycles. The number of hydrogen-bond acceptors (Lipinski definition) is 8. The molecule has 1 aliphatic rings. The monoisotopic (exact) mass is 479 g/mol. The highest BCUT2D eigenvalue weighted by atomic mass is 32.2. The molecule has 3 aromatic rings. The second-order valence-electron chi connectivity index (χ2n) is 8.00. The van der Waals surface area contributed by atoms with Crippen molar-refractivity contribution in [1.29, 1.82) is 0 Å². The molecule has 0 radical (unpaired) electrons. The number of nitrogens with zero attached hydrogens (tertiary/aromatic N) is 5. The first kappa shape index (κ1) is 23.8. The summed E-state index contributed by atoms with van der Waals surface area (Å²) in [5, 5.41) is 4.52. The van der Waals surface area contributed by atoms with Crippen LogP contribution in [0.4, 0.5) is 17.6 Å². The van der Waals surface area contributed by atoms with Gasteiger partial charge in [0.2, 0.25) is 21.9 Å². The van der Waals surface area contributed by atoms with Crippen LogP contribution >= 0.6 is 0 Å². The highest BCUT2D eigenvalue weighted by Crippen LogP contribution is 2.20. The number of nitrogens with two attached hydrogens (primary N) is 1.